The van der Waals surface area contributed by atoms with Gasteiger partial charge in [-0.15, -0.1) is 11.3 Å². The summed E-state index contributed by atoms with van der Waals surface area (Å²) in [5.41, 5.74) is 6.42. The van der Waals surface area contributed by atoms with Crippen LogP contribution in [0.2, 0.25) is 0 Å². The molecule has 5 rings (SSSR count). The summed E-state index contributed by atoms with van der Waals surface area (Å²) in [5, 5.41) is 14.0. The second kappa shape index (κ2) is 15.2. The molecule has 0 saturated carbocycles. The number of aromatic hydroxyl groups is 1. The first kappa shape index (κ1) is 32.2. The van der Waals surface area contributed by atoms with E-state index < -0.39 is 0 Å². The molecule has 0 aliphatic carbocycles. The molecule has 3 heterocycles. The number of hydrogen-bond donors (Lipinski definition) is 2. The van der Waals surface area contributed by atoms with Gasteiger partial charge >= 0.3 is 0 Å². The van der Waals surface area contributed by atoms with Gasteiger partial charge in [0.05, 0.1) is 27.4 Å². The van der Waals surface area contributed by atoms with Crippen LogP contribution in [0.25, 0.3) is 10.4 Å². The third-order valence-corrected chi connectivity index (χ3v) is 9.92. The first-order valence-corrected chi connectivity index (χ1v) is 16.9. The van der Waals surface area contributed by atoms with Crippen LogP contribution in [0.15, 0.2) is 48.2 Å². The first-order valence-electron chi connectivity index (χ1n) is 16.1. The molecule has 1 unspecified atom stereocenters. The van der Waals surface area contributed by atoms with Gasteiger partial charge in [-0.25, -0.2) is 0 Å². The number of rotatable bonds is 13. The third kappa shape index (κ3) is 7.53. The molecule has 0 amide bonds. The van der Waals surface area contributed by atoms with Crippen molar-refractivity contribution in [1.29, 1.82) is 0 Å². The maximum Gasteiger partial charge on any atom is 0.200 e. The maximum absolute atomic E-state index is 10.3. The fourth-order valence-corrected chi connectivity index (χ4v) is 7.56. The van der Waals surface area contributed by atoms with E-state index in [2.05, 4.69) is 59.3 Å². The molecule has 2 aromatic carbocycles. The van der Waals surface area contributed by atoms with E-state index >= 15 is 0 Å². The summed E-state index contributed by atoms with van der Waals surface area (Å²) in [6.45, 7) is 10.8. The second-order valence-electron chi connectivity index (χ2n) is 11.9. The van der Waals surface area contributed by atoms with Crippen molar-refractivity contribution in [3.8, 4) is 33.4 Å². The molecule has 7 nitrogen and oxygen atoms in total. The van der Waals surface area contributed by atoms with Crippen LogP contribution in [0.4, 0.5) is 0 Å². The van der Waals surface area contributed by atoms with Gasteiger partial charge < -0.3 is 24.6 Å². The van der Waals surface area contributed by atoms with Crippen LogP contribution in [0.1, 0.15) is 67.1 Å². The highest BCUT2D eigenvalue weighted by atomic mass is 32.1. The number of benzene rings is 2. The number of nitrogens with one attached hydrogen (secondary N) is 1. The summed E-state index contributed by atoms with van der Waals surface area (Å²) in [5.74, 6) is 1.95. The van der Waals surface area contributed by atoms with Crippen LogP contribution in [0.3, 0.4) is 0 Å². The Morgan fingerprint density at radius 3 is 2.18 bits per heavy atom. The Bertz CT molecular complexity index is 1410. The molecule has 0 radical (unpaired) electrons. The maximum atomic E-state index is 10.3. The Hall–Kier alpha value is -3.20. The number of methoxy groups -OCH3 is 3. The lowest BCUT2D eigenvalue weighted by molar-refractivity contribution is 0.260. The van der Waals surface area contributed by atoms with Crippen molar-refractivity contribution in [1.82, 2.24) is 15.1 Å². The molecule has 8 heteroatoms. The molecular weight excluding hydrogens is 570 g/mol. The van der Waals surface area contributed by atoms with Crippen molar-refractivity contribution >= 4 is 11.3 Å². The number of ether oxygens (including phenoxy) is 3. The third-order valence-electron chi connectivity index (χ3n) is 8.81. The zero-order chi connectivity index (χ0) is 31.1. The Kier molecular flexibility index (Phi) is 11.1. The Labute approximate surface area is 267 Å². The number of thiophene rings is 1. The normalized spacial score (nSPS) is 17.7. The lowest BCUT2D eigenvalue weighted by Gasteiger charge is -2.23. The first-order chi connectivity index (χ1) is 21.5. The lowest BCUT2D eigenvalue weighted by Crippen LogP contribution is -2.33. The van der Waals surface area contributed by atoms with Crippen LogP contribution in [0, 0.1) is 0 Å². The van der Waals surface area contributed by atoms with Crippen molar-refractivity contribution in [3.63, 3.8) is 0 Å². The minimum absolute atomic E-state index is 0.0419. The molecule has 0 spiro atoms. The molecule has 3 aromatic rings. The molecule has 44 heavy (non-hydrogen) atoms. The monoisotopic (exact) mass is 619 g/mol. The Morgan fingerprint density at radius 2 is 1.52 bits per heavy atom. The van der Waals surface area contributed by atoms with Crippen molar-refractivity contribution in [2.24, 2.45) is 0 Å². The smallest absolute Gasteiger partial charge is 0.200 e. The van der Waals surface area contributed by atoms with Gasteiger partial charge in [-0.1, -0.05) is 32.8 Å². The molecule has 2 aliphatic rings. The second-order valence-corrected chi connectivity index (χ2v) is 13.1. The van der Waals surface area contributed by atoms with Crippen molar-refractivity contribution in [2.45, 2.75) is 65.0 Å². The summed E-state index contributed by atoms with van der Waals surface area (Å²) in [6.07, 6.45) is 8.80. The van der Waals surface area contributed by atoms with Crippen LogP contribution in [-0.2, 0) is 19.4 Å². The van der Waals surface area contributed by atoms with E-state index in [0.29, 0.717) is 11.5 Å². The van der Waals surface area contributed by atoms with Gasteiger partial charge in [-0.05, 0) is 97.4 Å². The molecule has 238 valence electrons. The van der Waals surface area contributed by atoms with Crippen LogP contribution in [-0.4, -0.2) is 69.0 Å². The van der Waals surface area contributed by atoms with Gasteiger partial charge in [0.15, 0.2) is 11.5 Å². The molecule has 2 aliphatic heterocycles. The number of hydrogen-bond acceptors (Lipinski definition) is 8. The van der Waals surface area contributed by atoms with E-state index in [1.165, 1.54) is 32.1 Å². The summed E-state index contributed by atoms with van der Waals surface area (Å²) >= 11 is 1.92. The average Bonchev–Trinajstić information content (AvgIpc) is 3.64. The number of phenols is 1. The molecular formula is C36H49N3O4S. The Morgan fingerprint density at radius 1 is 0.841 bits per heavy atom. The fourth-order valence-electron chi connectivity index (χ4n) is 6.52. The van der Waals surface area contributed by atoms with Crippen LogP contribution < -0.4 is 19.5 Å². The topological polar surface area (TPSA) is 66.4 Å². The van der Waals surface area contributed by atoms with Gasteiger partial charge in [0.25, 0.3) is 0 Å². The summed E-state index contributed by atoms with van der Waals surface area (Å²) in [6, 6.07) is 13.2. The van der Waals surface area contributed by atoms with Gasteiger partial charge in [0.1, 0.15) is 5.75 Å². The summed E-state index contributed by atoms with van der Waals surface area (Å²) < 4.78 is 16.6. The molecule has 1 fully saturated rings. The van der Waals surface area contributed by atoms with Crippen molar-refractivity contribution < 1.29 is 19.3 Å². The number of phenolic OH excluding ortho intramolecular Hbond substituents is 1. The van der Waals surface area contributed by atoms with E-state index in [1.54, 1.807) is 21.3 Å². The Balaban J connectivity index is 1.16. The average molecular weight is 620 g/mol. The molecule has 1 atom stereocenters. The predicted molar refractivity (Wildman–Crippen MR) is 180 cm³/mol. The minimum Gasteiger partial charge on any atom is -0.502 e. The van der Waals surface area contributed by atoms with Crippen molar-refractivity contribution in [2.75, 3.05) is 54.1 Å². The van der Waals surface area contributed by atoms with Crippen LogP contribution >= 0.6 is 11.3 Å². The van der Waals surface area contributed by atoms with E-state index in [-0.39, 0.29) is 11.8 Å². The van der Waals surface area contributed by atoms with Gasteiger partial charge in [-0.2, -0.15) is 0 Å². The summed E-state index contributed by atoms with van der Waals surface area (Å²) in [7, 11) is 4.94. The zero-order valence-electron chi connectivity index (χ0n) is 27.1. The van der Waals surface area contributed by atoms with Gasteiger partial charge in [0, 0.05) is 41.6 Å². The largest absolute Gasteiger partial charge is 0.502 e. The van der Waals surface area contributed by atoms with Gasteiger partial charge in [0.2, 0.25) is 5.75 Å². The van der Waals surface area contributed by atoms with E-state index in [1.807, 2.05) is 23.5 Å². The number of aryl methyl sites for hydroxylation is 1. The number of nitrogens with zero attached hydrogens (tertiary/aromatic N) is 2. The molecule has 1 saturated heterocycles. The standard InChI is InChI=1S/C36H49N3O4S/c1-6-9-25-19-27(22-32(41-3)30(25)10-7-2)35-14-12-29(44-35)24-39-16-8-15-38(17-18-39)23-28-11-13-31(37-28)26-20-33(42-4)36(40)34(21-26)43-5/h11-12,14,19-22,31,37,40H,6-10,13,15-18,23-24H2,1-5H3. The molecule has 0 bridgehead atoms. The quantitative estimate of drug-likeness (QED) is 0.210. The molecule has 1 aromatic heterocycles. The SMILES string of the molecule is CCCc1cc(-c2ccc(CN3CCCN(CC4=CCC(c5cc(OC)c(O)c(OC)c5)N4)CC3)s2)cc(OC)c1CCC. The molecule has 2 N–H and O–H groups in total. The van der Waals surface area contributed by atoms with Crippen LogP contribution in [0.5, 0.6) is 23.0 Å². The van der Waals surface area contributed by atoms with Crippen molar-refractivity contribution in [3.05, 3.63) is 69.7 Å². The van der Waals surface area contributed by atoms with E-state index in [9.17, 15) is 5.11 Å². The van der Waals surface area contributed by atoms with Gasteiger partial charge in [-0.3, -0.25) is 9.80 Å². The zero-order valence-corrected chi connectivity index (χ0v) is 27.9. The fraction of sp³-hybridized carbons (Fsp3) is 0.500. The van der Waals surface area contributed by atoms with E-state index in [4.69, 9.17) is 14.2 Å². The summed E-state index contributed by atoms with van der Waals surface area (Å²) in [4.78, 5) is 7.92. The highest BCUT2D eigenvalue weighted by molar-refractivity contribution is 7.15. The highest BCUT2D eigenvalue weighted by Gasteiger charge is 2.24. The van der Waals surface area contributed by atoms with E-state index in [0.717, 1.165) is 89.1 Å². The highest BCUT2D eigenvalue weighted by Crippen LogP contribution is 2.40. The predicted octanol–water partition coefficient (Wildman–Crippen LogP) is 7.18. The minimum atomic E-state index is 0.0419. The lowest BCUT2D eigenvalue weighted by atomic mass is 9.95.